The van der Waals surface area contributed by atoms with Gasteiger partial charge in [-0.05, 0) is 75.8 Å². The topological polar surface area (TPSA) is 196 Å². The molecule has 1 aromatic carbocycles. The highest BCUT2D eigenvalue weighted by Crippen LogP contribution is 2.41. The van der Waals surface area contributed by atoms with E-state index in [2.05, 4.69) is 18.7 Å². The van der Waals surface area contributed by atoms with Crippen LogP contribution in [-0.2, 0) is 39.9 Å². The number of nitrogens with zero attached hydrogens (tertiary/aromatic N) is 1. The van der Waals surface area contributed by atoms with Gasteiger partial charge < -0.3 is 44.5 Å². The van der Waals surface area contributed by atoms with Crippen LogP contribution in [0, 0.1) is 11.8 Å². The van der Waals surface area contributed by atoms with Gasteiger partial charge in [0.1, 0.15) is 23.9 Å². The van der Waals surface area contributed by atoms with Gasteiger partial charge in [0.2, 0.25) is 0 Å². The number of hydrogen-bond donors (Lipinski definition) is 5. The number of aliphatic hydroxyl groups is 4. The van der Waals surface area contributed by atoms with Crippen LogP contribution < -0.4 is 0 Å². The molecule has 316 valence electrons. The number of aliphatic hydroxyl groups excluding tert-OH is 2. The summed E-state index contributed by atoms with van der Waals surface area (Å²) >= 11 is 6.18. The number of methoxy groups -OCH3 is 1. The van der Waals surface area contributed by atoms with Crippen molar-refractivity contribution in [3.05, 3.63) is 70.8 Å². The quantitative estimate of drug-likeness (QED) is 0.0492. The lowest BCUT2D eigenvalue weighted by Gasteiger charge is -2.39. The summed E-state index contributed by atoms with van der Waals surface area (Å²) in [6.45, 7) is 13.1. The number of allylic oxidation sites excluding steroid dienone is 2. The molecule has 2 aliphatic heterocycles. The molecule has 56 heavy (non-hydrogen) atoms. The highest BCUT2D eigenvalue weighted by Gasteiger charge is 2.56. The summed E-state index contributed by atoms with van der Waals surface area (Å²) in [5, 5.41) is 51.3. The summed E-state index contributed by atoms with van der Waals surface area (Å²) in [5.74, 6) is -1.48. The molecule has 0 bridgehead atoms. The van der Waals surface area contributed by atoms with Gasteiger partial charge in [-0.25, -0.2) is 0 Å². The van der Waals surface area contributed by atoms with E-state index in [0.29, 0.717) is 30.1 Å². The number of rotatable bonds is 16. The average molecular weight is 810 g/mol. The van der Waals surface area contributed by atoms with Crippen LogP contribution in [-0.4, -0.2) is 123 Å². The number of hydrogen-bond acceptors (Lipinski definition) is 12. The van der Waals surface area contributed by atoms with Crippen LogP contribution in [0.1, 0.15) is 86.1 Å². The number of benzene rings is 1. The molecule has 1 aromatic rings. The van der Waals surface area contributed by atoms with Crippen LogP contribution in [0.5, 0.6) is 0 Å². The first-order valence-corrected chi connectivity index (χ1v) is 19.6. The number of cyclic esters (lactones) is 1. The van der Waals surface area contributed by atoms with Gasteiger partial charge in [-0.1, -0.05) is 68.8 Å². The van der Waals surface area contributed by atoms with Crippen LogP contribution in [0.25, 0.3) is 0 Å². The summed E-state index contributed by atoms with van der Waals surface area (Å²) in [5.41, 5.74) is -1.23. The van der Waals surface area contributed by atoms with E-state index in [0.717, 1.165) is 12.0 Å². The van der Waals surface area contributed by atoms with Gasteiger partial charge >= 0.3 is 11.9 Å². The Morgan fingerprint density at radius 1 is 1.20 bits per heavy atom. The Hall–Kier alpha value is -3.14. The Morgan fingerprint density at radius 3 is 2.41 bits per heavy atom. The van der Waals surface area contributed by atoms with Gasteiger partial charge in [-0.2, -0.15) is 0 Å². The molecule has 0 amide bonds. The van der Waals surface area contributed by atoms with Crippen LogP contribution >= 0.6 is 11.6 Å². The van der Waals surface area contributed by atoms with Crippen molar-refractivity contribution in [2.24, 2.45) is 11.8 Å². The second kappa shape index (κ2) is 23.3. The molecule has 0 aromatic heterocycles. The molecule has 2 heterocycles. The zero-order valence-corrected chi connectivity index (χ0v) is 34.8. The van der Waals surface area contributed by atoms with E-state index in [4.69, 9.17) is 40.4 Å². The molecule has 1 fully saturated rings. The third-order valence-electron chi connectivity index (χ3n) is 10.4. The first kappa shape index (κ1) is 49.0. The fourth-order valence-electron chi connectivity index (χ4n) is 7.32. The van der Waals surface area contributed by atoms with E-state index in [1.54, 1.807) is 44.4 Å². The van der Waals surface area contributed by atoms with Crippen molar-refractivity contribution in [2.45, 2.75) is 141 Å². The fraction of sp³-hybridized carbons (Fsp3) is 0.643. The van der Waals surface area contributed by atoms with Crippen molar-refractivity contribution in [3.63, 3.8) is 0 Å². The largest absolute Gasteiger partial charge is 0.483 e. The monoisotopic (exact) mass is 809 g/mol. The van der Waals surface area contributed by atoms with Crippen LogP contribution in [0.2, 0.25) is 5.02 Å². The van der Waals surface area contributed by atoms with Gasteiger partial charge in [0.25, 0.3) is 6.47 Å². The maximum Gasteiger partial charge on any atom is 0.309 e. The van der Waals surface area contributed by atoms with Crippen LogP contribution in [0.4, 0.5) is 0 Å². The van der Waals surface area contributed by atoms with Gasteiger partial charge in [-0.3, -0.25) is 19.3 Å². The molecule has 0 radical (unpaired) electrons. The average Bonchev–Trinajstić information content (AvgIpc) is 3.91. The molecule has 0 aliphatic carbocycles. The predicted octanol–water partition coefficient (Wildman–Crippen LogP) is 5.01. The Morgan fingerprint density at radius 2 is 1.84 bits per heavy atom. The third kappa shape index (κ3) is 15.3. The summed E-state index contributed by atoms with van der Waals surface area (Å²) in [7, 11) is 1.70. The first-order chi connectivity index (χ1) is 26.3. The van der Waals surface area contributed by atoms with Gasteiger partial charge in [-0.15, -0.1) is 0 Å². The number of ether oxygens (including phenoxy) is 4. The van der Waals surface area contributed by atoms with Crippen molar-refractivity contribution in [1.82, 2.24) is 4.90 Å². The molecular formula is C42H64ClNO12. The molecule has 0 saturated carbocycles. The van der Waals surface area contributed by atoms with Crippen molar-refractivity contribution < 1.29 is 58.9 Å². The molecule has 2 aliphatic rings. The first-order valence-electron chi connectivity index (χ1n) is 19.2. The molecule has 3 rings (SSSR count). The van der Waals surface area contributed by atoms with E-state index in [-0.39, 0.29) is 56.6 Å². The number of esters is 2. The Kier molecular flexibility index (Phi) is 20.4. The Bertz CT molecular complexity index is 1460. The minimum atomic E-state index is -1.47. The van der Waals surface area contributed by atoms with E-state index in [9.17, 15) is 30.0 Å². The number of carbonyl (C=O) groups is 3. The van der Waals surface area contributed by atoms with Crippen molar-refractivity contribution in [1.29, 1.82) is 0 Å². The highest BCUT2D eigenvalue weighted by molar-refractivity contribution is 6.30. The van der Waals surface area contributed by atoms with Crippen molar-refractivity contribution in [2.75, 3.05) is 20.3 Å². The molecule has 2 unspecified atom stereocenters. The molecule has 14 heteroatoms. The highest BCUT2D eigenvalue weighted by atomic mass is 35.5. The van der Waals surface area contributed by atoms with Gasteiger partial charge in [0, 0.05) is 50.6 Å². The number of carboxylic acid groups (broad SMARTS) is 1. The standard InChI is InChI=1S/C41H62ClNO10.CH2O2/c1-9-33(50-8)28(4)37-38(53-37)39(43(22-11-23-44)25-30-14-16-31(42)17-15-30)41(7,49)20-10-12-26(2)36-27(3)13-18-34(51-29(5)45)40(6,48)21-19-32(46)24-35(47)52-36;2-1-3/h10,12-18,20,27-28,32-34,36-39,44,46,48-49H,9,11,19,21-25H2,1-8H3;1H,(H,2,3)/b18-13+,20-10+,26-12+;/t27-,28+,32+,33-,34-,36+,37+,38-,39?,40+,41?;/m0./s1. The lowest BCUT2D eigenvalue weighted by atomic mass is 9.85. The molecule has 11 atom stereocenters. The summed E-state index contributed by atoms with van der Waals surface area (Å²) in [6, 6.07) is 7.04. The zero-order valence-electron chi connectivity index (χ0n) is 34.0. The van der Waals surface area contributed by atoms with Crippen molar-refractivity contribution in [3.8, 4) is 0 Å². The molecule has 1 saturated heterocycles. The lowest BCUT2D eigenvalue weighted by molar-refractivity contribution is -0.157. The molecule has 5 N–H and O–H groups in total. The number of carbonyl (C=O) groups excluding carboxylic acids is 2. The smallest absolute Gasteiger partial charge is 0.309 e. The van der Waals surface area contributed by atoms with E-state index < -0.39 is 53.4 Å². The second-order valence-corrected chi connectivity index (χ2v) is 15.7. The SMILES string of the molecule is CC[C@H](OC)[C@@H](C)[C@H]1O[C@@H]1C(N(CCCO)Cc1ccc(Cl)cc1)C(C)(O)/C=C/C=C(\C)[C@H]1OC(=O)C[C@H](O)CC[C@@](C)(O)[C@@H](OC(C)=O)/C=C/[C@@H]1C.O=CO. The molecular weight excluding hydrogens is 746 g/mol. The molecule has 13 nitrogen and oxygen atoms in total. The Labute approximate surface area is 336 Å². The van der Waals surface area contributed by atoms with E-state index >= 15 is 0 Å². The van der Waals surface area contributed by atoms with E-state index in [1.807, 2.05) is 38.1 Å². The maximum absolute atomic E-state index is 13.0. The van der Waals surface area contributed by atoms with Gasteiger partial charge in [0.05, 0.1) is 36.4 Å². The van der Waals surface area contributed by atoms with Gasteiger partial charge in [0.15, 0.2) is 0 Å². The van der Waals surface area contributed by atoms with E-state index in [1.165, 1.54) is 13.8 Å². The number of epoxide rings is 1. The summed E-state index contributed by atoms with van der Waals surface area (Å²) in [4.78, 5) is 35.4. The zero-order chi connectivity index (χ0) is 42.2. The minimum absolute atomic E-state index is 0.0138. The third-order valence-corrected chi connectivity index (χ3v) is 10.7. The summed E-state index contributed by atoms with van der Waals surface area (Å²) in [6.07, 6.45) is 6.53. The van der Waals surface area contributed by atoms with Crippen molar-refractivity contribution >= 4 is 30.0 Å². The lowest BCUT2D eigenvalue weighted by Crippen LogP contribution is -2.54. The van der Waals surface area contributed by atoms with Crippen LogP contribution in [0.3, 0.4) is 0 Å². The van der Waals surface area contributed by atoms with Crippen LogP contribution in [0.15, 0.2) is 60.2 Å². The molecule has 0 spiro atoms. The fourth-order valence-corrected chi connectivity index (χ4v) is 7.45. The normalized spacial score (nSPS) is 29.3. The minimum Gasteiger partial charge on any atom is -0.483 e. The second-order valence-electron chi connectivity index (χ2n) is 15.3. The number of halogens is 1. The predicted molar refractivity (Wildman–Crippen MR) is 213 cm³/mol. The summed E-state index contributed by atoms with van der Waals surface area (Å²) < 4.78 is 23.4. The Balaban J connectivity index is 0.00000349. The maximum atomic E-state index is 13.0.